The zero-order valence-corrected chi connectivity index (χ0v) is 71.7. The maximum Gasteiger partial charge on any atom is -0.00201 e. The summed E-state index contributed by atoms with van der Waals surface area (Å²) in [4.78, 5) is 0. The van der Waals surface area contributed by atoms with Crippen LogP contribution >= 0.6 is 0 Å². The van der Waals surface area contributed by atoms with Crippen LogP contribution in [0, 0.1) is 0 Å². The molecule has 0 heterocycles. The van der Waals surface area contributed by atoms with Gasteiger partial charge >= 0.3 is 0 Å². The quantitative estimate of drug-likeness (QED) is 0.107. The highest BCUT2D eigenvalue weighted by Gasteiger charge is 2.24. The van der Waals surface area contributed by atoms with Crippen molar-refractivity contribution in [3.8, 4) is 134 Å². The van der Waals surface area contributed by atoms with E-state index >= 15 is 0 Å². The molecule has 0 saturated carbocycles. The van der Waals surface area contributed by atoms with Crippen molar-refractivity contribution >= 4 is 108 Å². The van der Waals surface area contributed by atoms with E-state index in [1.807, 2.05) is 0 Å². The molecular formula is C130H86. The van der Waals surface area contributed by atoms with E-state index < -0.39 is 0 Å². The van der Waals surface area contributed by atoms with Crippen molar-refractivity contribution in [1.29, 1.82) is 0 Å². The molecule has 0 N–H and O–H groups in total. The van der Waals surface area contributed by atoms with E-state index in [9.17, 15) is 0 Å². The van der Waals surface area contributed by atoms with E-state index in [1.54, 1.807) is 0 Å². The highest BCUT2D eigenvalue weighted by Crippen LogP contribution is 2.51. The lowest BCUT2D eigenvalue weighted by atomic mass is 9.83. The van der Waals surface area contributed by atoms with Crippen molar-refractivity contribution in [1.82, 2.24) is 0 Å². The normalized spacial score (nSPS) is 11.4. The first-order valence-electron chi connectivity index (χ1n) is 45.0. The van der Waals surface area contributed by atoms with Crippen LogP contribution in [0.25, 0.3) is 241 Å². The summed E-state index contributed by atoms with van der Waals surface area (Å²) in [7, 11) is 0. The van der Waals surface area contributed by atoms with Crippen LogP contribution in [0.1, 0.15) is 0 Å². The van der Waals surface area contributed by atoms with Crippen LogP contribution in [0.3, 0.4) is 0 Å². The maximum atomic E-state index is 2.37. The van der Waals surface area contributed by atoms with Crippen LogP contribution in [0.4, 0.5) is 0 Å². The smallest absolute Gasteiger partial charge is 0.00201 e. The van der Waals surface area contributed by atoms with Gasteiger partial charge in [0.05, 0.1) is 0 Å². The van der Waals surface area contributed by atoms with Gasteiger partial charge in [-0.1, -0.05) is 497 Å². The highest BCUT2D eigenvalue weighted by atomic mass is 14.3. The Hall–Kier alpha value is -16.9. The Balaban J connectivity index is 0.000000111. The first-order chi connectivity index (χ1) is 64.5. The van der Waals surface area contributed by atoms with Gasteiger partial charge in [0.15, 0.2) is 0 Å². The Labute approximate surface area is 757 Å². The van der Waals surface area contributed by atoms with E-state index in [-0.39, 0.29) is 0 Å². The standard InChI is InChI=1S/C46H30.2C42H28/c1-3-18-37-31(12-1)14-10-24-39(37)33-26-28-34(29-27-33)45-41-20-5-7-22-43(41)46(44-23-8-6-21-42(44)45)36-17-9-16-35(30-36)40-25-11-15-32-13-2-4-19-38(32)40;1-2-14-29(15-3-1)34-21-6-7-22-36(34)42-39-25-10-8-23-37(39)41(38-24-9-11-26-40(38)42)32-19-12-18-31(28-32)35-27-13-17-30-16-4-5-20-33(30)35;1-2-14-30(15-3-1)35-19-6-7-20-36(35)42-39-23-10-8-21-37(39)41(38-22-9-11-24-40(38)42)34-18-12-17-32(28-34)33-26-25-29-13-4-5-16-31(29)27-33/h1-30H;2*1-28H. The lowest BCUT2D eigenvalue weighted by molar-refractivity contribution is 1.60. The van der Waals surface area contributed by atoms with Gasteiger partial charge in [0.25, 0.3) is 0 Å². The Morgan fingerprint density at radius 3 is 0.638 bits per heavy atom. The molecule has 130 heavy (non-hydrogen) atoms. The average molecular weight is 1650 g/mol. The molecule has 0 bridgehead atoms. The summed E-state index contributed by atoms with van der Waals surface area (Å²) in [6, 6.07) is 190. The summed E-state index contributed by atoms with van der Waals surface area (Å²) in [5.41, 5.74) is 30.0. The summed E-state index contributed by atoms with van der Waals surface area (Å²) in [6.07, 6.45) is 0. The second kappa shape index (κ2) is 34.2. The van der Waals surface area contributed by atoms with Gasteiger partial charge in [-0.25, -0.2) is 0 Å². The van der Waals surface area contributed by atoms with Gasteiger partial charge in [-0.05, 0) is 266 Å². The van der Waals surface area contributed by atoms with Crippen LogP contribution in [0.5, 0.6) is 0 Å². The molecule has 0 fully saturated rings. The van der Waals surface area contributed by atoms with E-state index in [2.05, 4.69) is 522 Å². The van der Waals surface area contributed by atoms with Gasteiger partial charge in [-0.3, -0.25) is 0 Å². The lowest BCUT2D eigenvalue weighted by Crippen LogP contribution is -1.93. The van der Waals surface area contributed by atoms with Crippen LogP contribution < -0.4 is 0 Å². The molecule has 0 heteroatoms. The Kier molecular flexibility index (Phi) is 20.5. The molecule has 0 spiro atoms. The first-order valence-corrected chi connectivity index (χ1v) is 45.0. The zero-order valence-electron chi connectivity index (χ0n) is 71.7. The lowest BCUT2D eigenvalue weighted by Gasteiger charge is -2.20. The third-order valence-electron chi connectivity index (χ3n) is 26.4. The number of rotatable bonds is 12. The number of fused-ring (bicyclic) bond motifs is 10. The molecule has 0 unspecified atom stereocenters. The van der Waals surface area contributed by atoms with Crippen molar-refractivity contribution in [2.45, 2.75) is 0 Å². The van der Waals surface area contributed by atoms with E-state index in [0.717, 1.165) is 0 Å². The number of benzene rings is 25. The molecule has 0 radical (unpaired) electrons. The van der Waals surface area contributed by atoms with Crippen LogP contribution in [0.15, 0.2) is 522 Å². The molecule has 0 nitrogen and oxygen atoms in total. The number of hydrogen-bond donors (Lipinski definition) is 0. The van der Waals surface area contributed by atoms with Crippen LogP contribution in [-0.4, -0.2) is 0 Å². The minimum atomic E-state index is 1.23. The molecule has 606 valence electrons. The van der Waals surface area contributed by atoms with Gasteiger partial charge in [0.2, 0.25) is 0 Å². The van der Waals surface area contributed by atoms with Crippen LogP contribution in [0.2, 0.25) is 0 Å². The van der Waals surface area contributed by atoms with Crippen molar-refractivity contribution in [2.75, 3.05) is 0 Å². The average Bonchev–Trinajstić information content (AvgIpc) is 0.735. The van der Waals surface area contributed by atoms with Gasteiger partial charge < -0.3 is 0 Å². The SMILES string of the molecule is c1cc(-c2cccc3ccccc23)cc(-c2c3ccccc3c(-c3ccc(-c4cccc5ccccc45)cc3)c3ccccc23)c1.c1ccc(-c2ccccc2-c2c3ccccc3c(-c3cccc(-c4ccc5ccccc5c4)c3)c3ccccc23)cc1.c1ccc(-c2ccccc2-c2c3ccccc3c(-c3cccc(-c4cccc5ccccc45)c3)c3ccccc23)cc1. The summed E-state index contributed by atoms with van der Waals surface area (Å²) in [5.74, 6) is 0. The molecule has 0 aliphatic rings. The minimum absolute atomic E-state index is 1.23. The zero-order chi connectivity index (χ0) is 86.2. The monoisotopic (exact) mass is 1650 g/mol. The molecule has 0 aliphatic carbocycles. The topological polar surface area (TPSA) is 0 Å². The molecule has 25 aromatic carbocycles. The molecule has 0 atom stereocenters. The van der Waals surface area contributed by atoms with E-state index in [0.29, 0.717) is 0 Å². The fourth-order valence-corrected chi connectivity index (χ4v) is 20.5. The van der Waals surface area contributed by atoms with E-state index in [1.165, 1.54) is 241 Å². The Morgan fingerprint density at radius 2 is 0.277 bits per heavy atom. The van der Waals surface area contributed by atoms with Gasteiger partial charge in [-0.15, -0.1) is 0 Å². The van der Waals surface area contributed by atoms with Crippen molar-refractivity contribution in [2.24, 2.45) is 0 Å². The summed E-state index contributed by atoms with van der Waals surface area (Å²) in [5, 5.41) is 25.4. The van der Waals surface area contributed by atoms with Crippen molar-refractivity contribution in [3.63, 3.8) is 0 Å². The maximum absolute atomic E-state index is 2.37. The molecular weight excluding hydrogens is 1560 g/mol. The van der Waals surface area contributed by atoms with Gasteiger partial charge in [0.1, 0.15) is 0 Å². The molecule has 0 aromatic heterocycles. The van der Waals surface area contributed by atoms with Crippen molar-refractivity contribution < 1.29 is 0 Å². The fraction of sp³-hybridized carbons (Fsp3) is 0. The largest absolute Gasteiger partial charge is 0.0622 e. The Morgan fingerprint density at radius 1 is 0.0769 bits per heavy atom. The summed E-state index contributed by atoms with van der Waals surface area (Å²) >= 11 is 0. The minimum Gasteiger partial charge on any atom is -0.0622 e. The highest BCUT2D eigenvalue weighted by molar-refractivity contribution is 6.26. The van der Waals surface area contributed by atoms with Gasteiger partial charge in [-0.2, -0.15) is 0 Å². The van der Waals surface area contributed by atoms with Crippen molar-refractivity contribution in [3.05, 3.63) is 522 Å². The molecule has 25 aromatic rings. The molecule has 0 saturated heterocycles. The number of hydrogen-bond acceptors (Lipinski definition) is 0. The molecule has 0 aliphatic heterocycles. The second-order valence-corrected chi connectivity index (χ2v) is 33.8. The van der Waals surface area contributed by atoms with E-state index in [4.69, 9.17) is 0 Å². The predicted octanol–water partition coefficient (Wildman–Crippen LogP) is 36.6. The summed E-state index contributed by atoms with van der Waals surface area (Å²) < 4.78 is 0. The second-order valence-electron chi connectivity index (χ2n) is 33.8. The van der Waals surface area contributed by atoms with Gasteiger partial charge in [0, 0.05) is 0 Å². The Bertz CT molecular complexity index is 8460. The summed E-state index contributed by atoms with van der Waals surface area (Å²) in [6.45, 7) is 0. The molecule has 25 rings (SSSR count). The third-order valence-corrected chi connectivity index (χ3v) is 26.4. The first kappa shape index (κ1) is 77.9. The molecule has 0 amide bonds. The fourth-order valence-electron chi connectivity index (χ4n) is 20.5. The third kappa shape index (κ3) is 14.4. The van der Waals surface area contributed by atoms with Crippen LogP contribution in [-0.2, 0) is 0 Å². The predicted molar refractivity (Wildman–Crippen MR) is 560 cm³/mol.